The van der Waals surface area contributed by atoms with Crippen molar-refractivity contribution in [2.24, 2.45) is 0 Å². The molecular formula is C10Cl3F17O. The summed E-state index contributed by atoms with van der Waals surface area (Å²) in [5.41, 5.74) is 0. The zero-order chi connectivity index (χ0) is 26.1. The van der Waals surface area contributed by atoms with E-state index in [0.29, 0.717) is 0 Å². The molecule has 0 radical (unpaired) electrons. The highest BCUT2D eigenvalue weighted by Crippen LogP contribution is 2.65. The van der Waals surface area contributed by atoms with Crippen molar-refractivity contribution in [3.63, 3.8) is 0 Å². The Morgan fingerprint density at radius 2 is 0.613 bits per heavy atom. The molecule has 0 atom stereocenters. The van der Waals surface area contributed by atoms with E-state index in [0.717, 1.165) is 0 Å². The van der Waals surface area contributed by atoms with Crippen LogP contribution < -0.4 is 0 Å². The standard InChI is InChI=1S/C10Cl3F17O/c11-1(31)2(12,13)3(14,15)4(16,17)5(18,19)6(20,21)7(22,23)8(24,25)9(26,27)10(28,29)30. The minimum atomic E-state index is -8.80. The minimum absolute atomic E-state index is 3.14. The van der Waals surface area contributed by atoms with Gasteiger partial charge in [0.05, 0.1) is 0 Å². The van der Waals surface area contributed by atoms with E-state index in [-0.39, 0.29) is 0 Å². The highest BCUT2D eigenvalue weighted by Gasteiger charge is 2.96. The van der Waals surface area contributed by atoms with Crippen molar-refractivity contribution in [1.29, 1.82) is 0 Å². The third-order valence-electron chi connectivity index (χ3n) is 3.36. The predicted molar refractivity (Wildman–Crippen MR) is 66.0 cm³/mol. The molecule has 0 saturated carbocycles. The molecule has 0 rings (SSSR count). The summed E-state index contributed by atoms with van der Waals surface area (Å²) in [6.45, 7) is 0. The van der Waals surface area contributed by atoms with Gasteiger partial charge in [-0.05, 0) is 11.6 Å². The predicted octanol–water partition coefficient (Wildman–Crippen LogP) is 6.94. The third-order valence-corrected chi connectivity index (χ3v) is 4.66. The van der Waals surface area contributed by atoms with Crippen molar-refractivity contribution in [2.45, 2.75) is 52.0 Å². The first-order valence-electron chi connectivity index (χ1n) is 6.23. The molecule has 0 aliphatic rings. The average Bonchev–Trinajstić information content (AvgIpc) is 2.52. The van der Waals surface area contributed by atoms with Crippen molar-refractivity contribution in [1.82, 2.24) is 0 Å². The fraction of sp³-hybridized carbons (Fsp3) is 0.900. The fourth-order valence-electron chi connectivity index (χ4n) is 1.48. The van der Waals surface area contributed by atoms with Gasteiger partial charge in [-0.25, -0.2) is 0 Å². The fourth-order valence-corrected chi connectivity index (χ4v) is 1.84. The van der Waals surface area contributed by atoms with E-state index in [9.17, 15) is 79.4 Å². The molecule has 0 amide bonds. The molecule has 0 saturated heterocycles. The monoisotopic (exact) mass is 564 g/mol. The molecule has 0 fully saturated rings. The van der Waals surface area contributed by atoms with Crippen LogP contribution in [0.1, 0.15) is 0 Å². The molecule has 31 heavy (non-hydrogen) atoms. The topological polar surface area (TPSA) is 17.1 Å². The van der Waals surface area contributed by atoms with E-state index in [1.54, 1.807) is 0 Å². The maximum atomic E-state index is 13.5. The van der Waals surface area contributed by atoms with Crippen LogP contribution in [-0.2, 0) is 4.79 Å². The van der Waals surface area contributed by atoms with E-state index < -0.39 is 57.2 Å². The second-order valence-electron chi connectivity index (χ2n) is 5.37. The van der Waals surface area contributed by atoms with Crippen LogP contribution in [0, 0.1) is 0 Å². The van der Waals surface area contributed by atoms with Crippen molar-refractivity contribution in [2.75, 3.05) is 0 Å². The van der Waals surface area contributed by atoms with Crippen LogP contribution in [0.25, 0.3) is 0 Å². The zero-order valence-corrected chi connectivity index (χ0v) is 15.2. The Hall–Kier alpha value is -0.650. The van der Waals surface area contributed by atoms with E-state index in [2.05, 4.69) is 34.8 Å². The Kier molecular flexibility index (Phi) is 7.27. The van der Waals surface area contributed by atoms with Crippen molar-refractivity contribution in [3.8, 4) is 0 Å². The first-order valence-corrected chi connectivity index (χ1v) is 7.37. The second kappa shape index (κ2) is 7.43. The summed E-state index contributed by atoms with van der Waals surface area (Å²) in [5, 5.41) is -3.14. The smallest absolute Gasteiger partial charge is 0.278 e. The number of carbonyl (C=O) groups excluding carboxylic acids is 1. The van der Waals surface area contributed by atoms with Crippen LogP contribution in [0.3, 0.4) is 0 Å². The molecule has 0 bridgehead atoms. The van der Waals surface area contributed by atoms with E-state index >= 15 is 0 Å². The van der Waals surface area contributed by atoms with Gasteiger partial charge >= 0.3 is 47.6 Å². The molecule has 0 aromatic carbocycles. The number of hydrogen-bond donors (Lipinski definition) is 0. The Bertz CT molecular complexity index is 709. The van der Waals surface area contributed by atoms with Gasteiger partial charge in [0, 0.05) is 0 Å². The Morgan fingerprint density at radius 3 is 0.806 bits per heavy atom. The first kappa shape index (κ1) is 30.4. The lowest BCUT2D eigenvalue weighted by Crippen LogP contribution is -2.76. The summed E-state index contributed by atoms with van der Waals surface area (Å²) in [6.07, 6.45) is -7.86. The van der Waals surface area contributed by atoms with Gasteiger partial charge in [0.2, 0.25) is 0 Å². The lowest BCUT2D eigenvalue weighted by atomic mass is 9.88. The number of alkyl halides is 19. The van der Waals surface area contributed by atoms with Gasteiger partial charge in [-0.2, -0.15) is 74.6 Å². The zero-order valence-electron chi connectivity index (χ0n) is 13.0. The average molecular weight is 565 g/mol. The number of halogens is 20. The number of rotatable bonds is 8. The SMILES string of the molecule is O=C(Cl)C(Cl)(Cl)C(F)(F)C(F)(F)C(F)(F)C(F)(F)C(F)(F)C(F)(F)C(F)(F)C(F)(F)F. The summed E-state index contributed by atoms with van der Waals surface area (Å²) in [4.78, 5) is 10.5. The van der Waals surface area contributed by atoms with Gasteiger partial charge in [0.15, 0.2) is 0 Å². The largest absolute Gasteiger partial charge is 0.460 e. The van der Waals surface area contributed by atoms with Crippen LogP contribution in [0.4, 0.5) is 74.6 Å². The summed E-state index contributed by atoms with van der Waals surface area (Å²) >= 11 is 12.6. The molecule has 0 heterocycles. The van der Waals surface area contributed by atoms with Crippen LogP contribution >= 0.6 is 34.8 Å². The van der Waals surface area contributed by atoms with E-state index in [1.807, 2.05) is 0 Å². The molecule has 0 aromatic heterocycles. The van der Waals surface area contributed by atoms with Gasteiger partial charge in [-0.3, -0.25) is 4.79 Å². The van der Waals surface area contributed by atoms with Crippen molar-refractivity contribution < 1.29 is 79.4 Å². The van der Waals surface area contributed by atoms with Crippen LogP contribution in [0.5, 0.6) is 0 Å². The Morgan fingerprint density at radius 1 is 0.419 bits per heavy atom. The minimum Gasteiger partial charge on any atom is -0.278 e. The van der Waals surface area contributed by atoms with Crippen LogP contribution in [0.15, 0.2) is 0 Å². The van der Waals surface area contributed by atoms with Gasteiger partial charge in [0.1, 0.15) is 0 Å². The van der Waals surface area contributed by atoms with E-state index in [1.165, 1.54) is 0 Å². The van der Waals surface area contributed by atoms with Crippen molar-refractivity contribution >= 4 is 40.0 Å². The molecule has 0 aliphatic heterocycles. The molecule has 1 nitrogen and oxygen atoms in total. The van der Waals surface area contributed by atoms with Crippen LogP contribution in [-0.4, -0.2) is 57.2 Å². The molecule has 0 unspecified atom stereocenters. The molecule has 0 aliphatic carbocycles. The van der Waals surface area contributed by atoms with E-state index in [4.69, 9.17) is 0 Å². The first-order chi connectivity index (χ1) is 12.9. The molecule has 0 N–H and O–H groups in total. The summed E-state index contributed by atoms with van der Waals surface area (Å²) in [7, 11) is 0. The van der Waals surface area contributed by atoms with Crippen LogP contribution in [0.2, 0.25) is 0 Å². The van der Waals surface area contributed by atoms with Gasteiger partial charge in [0.25, 0.3) is 9.58 Å². The summed E-state index contributed by atoms with van der Waals surface area (Å²) < 4.78 is 215. The molecular weight excluding hydrogens is 565 g/mol. The molecule has 0 spiro atoms. The maximum Gasteiger partial charge on any atom is 0.460 e. The normalized spacial score (nSPS) is 16.5. The third kappa shape index (κ3) is 3.67. The quantitative estimate of drug-likeness (QED) is 0.177. The van der Waals surface area contributed by atoms with Gasteiger partial charge < -0.3 is 0 Å². The Labute approximate surface area is 172 Å². The highest BCUT2D eigenvalue weighted by atomic mass is 35.5. The highest BCUT2D eigenvalue weighted by molar-refractivity contribution is 6.78. The molecule has 0 aromatic rings. The second-order valence-corrected chi connectivity index (χ2v) is 7.04. The van der Waals surface area contributed by atoms with Gasteiger partial charge in [-0.15, -0.1) is 0 Å². The summed E-state index contributed by atoms with van der Waals surface area (Å²) in [6, 6.07) is 0. The lowest BCUT2D eigenvalue weighted by molar-refractivity contribution is -0.461. The lowest BCUT2D eigenvalue weighted by Gasteiger charge is -2.44. The Balaban J connectivity index is 6.95. The molecule has 186 valence electrons. The number of carbonyl (C=O) groups is 1. The molecule has 21 heteroatoms. The number of hydrogen-bond acceptors (Lipinski definition) is 1. The van der Waals surface area contributed by atoms with Gasteiger partial charge in [-0.1, -0.05) is 23.2 Å². The summed E-state index contributed by atoms with van der Waals surface area (Å²) in [5.74, 6) is -58.7. The maximum absolute atomic E-state index is 13.5. The van der Waals surface area contributed by atoms with Crippen molar-refractivity contribution in [3.05, 3.63) is 0 Å².